The molecule has 1 amide bonds. The molecule has 0 saturated carbocycles. The van der Waals surface area contributed by atoms with Gasteiger partial charge in [-0.15, -0.1) is 24.0 Å². The first kappa shape index (κ1) is 28.3. The number of rotatable bonds is 6. The van der Waals surface area contributed by atoms with Crippen LogP contribution in [-0.2, 0) is 24.5 Å². The molecule has 1 heterocycles. The van der Waals surface area contributed by atoms with Gasteiger partial charge in [-0.2, -0.15) is 18.3 Å². The van der Waals surface area contributed by atoms with Gasteiger partial charge in [0.1, 0.15) is 5.60 Å². The van der Waals surface area contributed by atoms with Crippen molar-refractivity contribution in [2.24, 2.45) is 12.0 Å². The van der Waals surface area contributed by atoms with Crippen molar-refractivity contribution in [3.05, 3.63) is 17.5 Å². The lowest BCUT2D eigenvalue weighted by Gasteiger charge is -2.29. The molecule has 0 bridgehead atoms. The number of aryl methyl sites for hydroxylation is 1. The lowest BCUT2D eigenvalue weighted by atomic mass is 10.1. The zero-order valence-electron chi connectivity index (χ0n) is 18.4. The molecule has 0 atom stereocenters. The molecule has 0 aromatic carbocycles. The first-order chi connectivity index (χ1) is 13.1. The van der Waals surface area contributed by atoms with E-state index in [1.54, 1.807) is 34.6 Å². The van der Waals surface area contributed by atoms with Crippen molar-refractivity contribution in [2.75, 3.05) is 13.1 Å². The third-order valence-corrected chi connectivity index (χ3v) is 3.46. The molecule has 3 N–H and O–H groups in total. The highest BCUT2D eigenvalue weighted by Gasteiger charge is 2.36. The average molecular weight is 548 g/mol. The second kappa shape index (κ2) is 11.0. The van der Waals surface area contributed by atoms with E-state index in [0.29, 0.717) is 12.5 Å². The Morgan fingerprint density at radius 1 is 1.20 bits per heavy atom. The van der Waals surface area contributed by atoms with Gasteiger partial charge in [0.15, 0.2) is 11.7 Å². The molecule has 0 spiro atoms. The molecule has 0 saturated heterocycles. The fourth-order valence-electron chi connectivity index (χ4n) is 2.33. The summed E-state index contributed by atoms with van der Waals surface area (Å²) in [6.07, 6.45) is -3.81. The van der Waals surface area contributed by atoms with E-state index in [1.165, 1.54) is 13.2 Å². The number of aromatic nitrogens is 2. The summed E-state index contributed by atoms with van der Waals surface area (Å²) in [5.41, 5.74) is -2.29. The molecule has 0 aliphatic carbocycles. The number of ether oxygens (including phenoxy) is 1. The summed E-state index contributed by atoms with van der Waals surface area (Å²) in [6, 6.07) is 0. The smallest absolute Gasteiger partial charge is 0.435 e. The largest absolute Gasteiger partial charge is 0.444 e. The van der Waals surface area contributed by atoms with Gasteiger partial charge >= 0.3 is 12.3 Å². The molecule has 0 aliphatic heterocycles. The Hall–Kier alpha value is -1.73. The summed E-state index contributed by atoms with van der Waals surface area (Å²) in [4.78, 5) is 16.2. The number of alkyl carbamates (subject to hydrolysis) is 1. The van der Waals surface area contributed by atoms with Crippen LogP contribution >= 0.6 is 24.0 Å². The zero-order chi connectivity index (χ0) is 22.5. The number of nitrogens with zero attached hydrogens (tertiary/aromatic N) is 3. The van der Waals surface area contributed by atoms with E-state index in [1.807, 2.05) is 6.92 Å². The molecule has 1 aromatic heterocycles. The highest BCUT2D eigenvalue weighted by atomic mass is 127. The number of halogens is 4. The van der Waals surface area contributed by atoms with Crippen LogP contribution in [0.1, 0.15) is 52.8 Å². The maximum Gasteiger partial charge on any atom is 0.435 e. The lowest BCUT2D eigenvalue weighted by Crippen LogP contribution is -2.54. The predicted octanol–water partition coefficient (Wildman–Crippen LogP) is 3.42. The highest BCUT2D eigenvalue weighted by molar-refractivity contribution is 14.0. The van der Waals surface area contributed by atoms with Gasteiger partial charge in [0.05, 0.1) is 12.1 Å². The summed E-state index contributed by atoms with van der Waals surface area (Å²) in [6.45, 7) is 11.3. The Bertz CT molecular complexity index is 726. The number of carbonyl (C=O) groups excluding carboxylic acids is 1. The van der Waals surface area contributed by atoms with Gasteiger partial charge in [-0.05, 0) is 41.5 Å². The summed E-state index contributed by atoms with van der Waals surface area (Å²) >= 11 is 0. The maximum atomic E-state index is 13.1. The van der Waals surface area contributed by atoms with Crippen LogP contribution in [0.3, 0.4) is 0 Å². The van der Waals surface area contributed by atoms with E-state index in [2.05, 4.69) is 26.0 Å². The third-order valence-electron chi connectivity index (χ3n) is 3.46. The molecule has 174 valence electrons. The second-order valence-electron chi connectivity index (χ2n) is 8.23. The van der Waals surface area contributed by atoms with Gasteiger partial charge in [-0.1, -0.05) is 0 Å². The van der Waals surface area contributed by atoms with Crippen molar-refractivity contribution in [3.8, 4) is 0 Å². The standard InChI is InChI=1S/C18H31F3N6O2.HI/c1-8-22-14(23-9-12-10-27(7)26-13(12)18(19,20)21)24-11-17(5,6)25-15(28)29-16(2,3)4;/h10H,8-9,11H2,1-7H3,(H,25,28)(H2,22,23,24);1H. The summed E-state index contributed by atoms with van der Waals surface area (Å²) in [7, 11) is 1.43. The number of carbonyl (C=O) groups is 1. The Labute approximate surface area is 192 Å². The van der Waals surface area contributed by atoms with Gasteiger partial charge in [0.25, 0.3) is 0 Å². The van der Waals surface area contributed by atoms with E-state index in [0.717, 1.165) is 4.68 Å². The molecule has 0 unspecified atom stereocenters. The summed E-state index contributed by atoms with van der Waals surface area (Å²) in [5.74, 6) is 0.323. The first-order valence-corrected chi connectivity index (χ1v) is 9.26. The van der Waals surface area contributed by atoms with Gasteiger partial charge in [0.2, 0.25) is 0 Å². The number of amides is 1. The molecular formula is C18H32F3IN6O2. The summed E-state index contributed by atoms with van der Waals surface area (Å²) in [5, 5.41) is 12.2. The Morgan fingerprint density at radius 3 is 2.30 bits per heavy atom. The fourth-order valence-corrected chi connectivity index (χ4v) is 2.33. The molecule has 1 aromatic rings. The van der Waals surface area contributed by atoms with Crippen molar-refractivity contribution < 1.29 is 22.7 Å². The molecule has 1 rings (SSSR count). The molecule has 0 fully saturated rings. The van der Waals surface area contributed by atoms with Crippen LogP contribution in [0, 0.1) is 0 Å². The maximum absolute atomic E-state index is 13.1. The zero-order valence-corrected chi connectivity index (χ0v) is 20.7. The van der Waals surface area contributed by atoms with Crippen molar-refractivity contribution >= 4 is 36.0 Å². The topological polar surface area (TPSA) is 92.6 Å². The number of hydrogen-bond donors (Lipinski definition) is 3. The molecule has 8 nitrogen and oxygen atoms in total. The fraction of sp³-hybridized carbons (Fsp3) is 0.722. The number of alkyl halides is 3. The number of guanidine groups is 1. The van der Waals surface area contributed by atoms with Gasteiger partial charge < -0.3 is 20.7 Å². The van der Waals surface area contributed by atoms with Crippen molar-refractivity contribution in [1.82, 2.24) is 25.7 Å². The van der Waals surface area contributed by atoms with Crippen LogP contribution in [0.15, 0.2) is 11.2 Å². The quantitative estimate of drug-likeness (QED) is 0.288. The number of nitrogens with one attached hydrogen (secondary N) is 3. The van der Waals surface area contributed by atoms with Crippen LogP contribution < -0.4 is 16.0 Å². The van der Waals surface area contributed by atoms with E-state index in [-0.39, 0.29) is 42.6 Å². The van der Waals surface area contributed by atoms with E-state index < -0.39 is 29.1 Å². The minimum atomic E-state index is -4.54. The lowest BCUT2D eigenvalue weighted by molar-refractivity contribution is -0.142. The molecule has 12 heteroatoms. The van der Waals surface area contributed by atoms with Gasteiger partial charge in [-0.3, -0.25) is 4.68 Å². The Kier molecular flexibility index (Phi) is 10.4. The number of aliphatic imine (C=N–C) groups is 1. The summed E-state index contributed by atoms with van der Waals surface area (Å²) < 4.78 is 45.6. The van der Waals surface area contributed by atoms with Crippen LogP contribution in [0.4, 0.5) is 18.0 Å². The van der Waals surface area contributed by atoms with Crippen LogP contribution in [0.2, 0.25) is 0 Å². The normalized spacial score (nSPS) is 12.8. The average Bonchev–Trinajstić information content (AvgIpc) is 2.88. The minimum Gasteiger partial charge on any atom is -0.444 e. The van der Waals surface area contributed by atoms with Crippen molar-refractivity contribution in [3.63, 3.8) is 0 Å². The van der Waals surface area contributed by atoms with E-state index in [9.17, 15) is 18.0 Å². The molecule has 0 aliphatic rings. The van der Waals surface area contributed by atoms with Gasteiger partial charge in [-0.25, -0.2) is 9.79 Å². The van der Waals surface area contributed by atoms with Crippen molar-refractivity contribution in [2.45, 2.75) is 65.4 Å². The van der Waals surface area contributed by atoms with Crippen LogP contribution in [-0.4, -0.2) is 46.1 Å². The second-order valence-corrected chi connectivity index (χ2v) is 8.23. The molecular weight excluding hydrogens is 516 g/mol. The van der Waals surface area contributed by atoms with Crippen LogP contribution in [0.5, 0.6) is 0 Å². The third kappa shape index (κ3) is 10.3. The Morgan fingerprint density at radius 2 is 1.80 bits per heavy atom. The highest BCUT2D eigenvalue weighted by Crippen LogP contribution is 2.30. The van der Waals surface area contributed by atoms with Crippen molar-refractivity contribution in [1.29, 1.82) is 0 Å². The molecule has 0 radical (unpaired) electrons. The predicted molar refractivity (Wildman–Crippen MR) is 120 cm³/mol. The first-order valence-electron chi connectivity index (χ1n) is 9.26. The Balaban J connectivity index is 0.00000841. The van der Waals surface area contributed by atoms with E-state index >= 15 is 0 Å². The van der Waals surface area contributed by atoms with E-state index in [4.69, 9.17) is 4.74 Å². The van der Waals surface area contributed by atoms with Crippen LogP contribution in [0.25, 0.3) is 0 Å². The minimum absolute atomic E-state index is 0. The monoisotopic (exact) mass is 548 g/mol. The number of hydrogen-bond acceptors (Lipinski definition) is 4. The molecule has 30 heavy (non-hydrogen) atoms. The SMILES string of the molecule is CCNC(=NCc1cn(C)nc1C(F)(F)F)NCC(C)(C)NC(=O)OC(C)(C)C.I. The van der Waals surface area contributed by atoms with Gasteiger partial charge in [0, 0.05) is 31.9 Å².